The number of aliphatic hydroxyl groups excluding tert-OH is 1. The molecular weight excluding hydrogens is 288 g/mol. The van der Waals surface area contributed by atoms with Crippen LogP contribution in [-0.4, -0.2) is 66.6 Å². The van der Waals surface area contributed by atoms with Gasteiger partial charge in [0.15, 0.2) is 6.04 Å². The molecule has 0 spiro atoms. The Bertz CT molecular complexity index is 498. The highest BCUT2D eigenvalue weighted by Gasteiger charge is 2.32. The number of hydrogen-bond donors (Lipinski definition) is 3. The molecular formula is C15H23N2O5+. The lowest BCUT2D eigenvalue weighted by Crippen LogP contribution is -2.55. The van der Waals surface area contributed by atoms with E-state index in [9.17, 15) is 14.7 Å². The summed E-state index contributed by atoms with van der Waals surface area (Å²) in [4.78, 5) is 22.9. The summed E-state index contributed by atoms with van der Waals surface area (Å²) in [5, 5.41) is 21.3. The van der Waals surface area contributed by atoms with Gasteiger partial charge in [-0.25, -0.2) is 9.59 Å². The topological polar surface area (TPSA) is 95.9 Å². The van der Waals surface area contributed by atoms with Crippen LogP contribution in [0, 0.1) is 0 Å². The minimum atomic E-state index is -1.42. The molecule has 0 aromatic heterocycles. The summed E-state index contributed by atoms with van der Waals surface area (Å²) in [5.41, 5.74) is 0.788. The summed E-state index contributed by atoms with van der Waals surface area (Å²) in [7, 11) is 5.45. The second kappa shape index (κ2) is 7.77. The molecule has 1 amide bonds. The highest BCUT2D eigenvalue weighted by atomic mass is 16.5. The SMILES string of the molecule is C[N+](C)(C)C[C@@H](O)[C@@H](NC(=O)OCc1ccccc1)C(=O)O. The van der Waals surface area contributed by atoms with Gasteiger partial charge >= 0.3 is 12.1 Å². The molecule has 0 aliphatic carbocycles. The maximum atomic E-state index is 11.7. The quantitative estimate of drug-likeness (QED) is 0.635. The number of likely N-dealkylation sites (N-methyl/N-ethyl adjacent to an activating group) is 1. The van der Waals surface area contributed by atoms with Gasteiger partial charge in [0.2, 0.25) is 0 Å². The van der Waals surface area contributed by atoms with E-state index in [4.69, 9.17) is 9.84 Å². The van der Waals surface area contributed by atoms with Crippen molar-refractivity contribution >= 4 is 12.1 Å². The van der Waals surface area contributed by atoms with Gasteiger partial charge in [-0.05, 0) is 5.56 Å². The van der Waals surface area contributed by atoms with Gasteiger partial charge in [0.05, 0.1) is 21.1 Å². The molecule has 0 unspecified atom stereocenters. The molecule has 0 radical (unpaired) electrons. The van der Waals surface area contributed by atoms with E-state index < -0.39 is 24.2 Å². The van der Waals surface area contributed by atoms with Crippen molar-refractivity contribution < 1.29 is 29.0 Å². The van der Waals surface area contributed by atoms with Gasteiger partial charge in [-0.2, -0.15) is 0 Å². The number of quaternary nitrogens is 1. The van der Waals surface area contributed by atoms with E-state index in [2.05, 4.69) is 5.32 Å². The normalized spacial score (nSPS) is 14.0. The average Bonchev–Trinajstić information content (AvgIpc) is 2.41. The lowest BCUT2D eigenvalue weighted by Gasteiger charge is -2.29. The predicted molar refractivity (Wildman–Crippen MR) is 80.1 cm³/mol. The number of rotatable bonds is 7. The molecule has 122 valence electrons. The maximum Gasteiger partial charge on any atom is 0.408 e. The summed E-state index contributed by atoms with van der Waals surface area (Å²) in [6, 6.07) is 7.61. The summed E-state index contributed by atoms with van der Waals surface area (Å²) >= 11 is 0. The van der Waals surface area contributed by atoms with Crippen molar-refractivity contribution in [1.82, 2.24) is 5.32 Å². The number of carboxylic acids is 1. The number of alkyl carbamates (subject to hydrolysis) is 1. The van der Waals surface area contributed by atoms with Crippen LogP contribution in [0.4, 0.5) is 4.79 Å². The number of carboxylic acid groups (broad SMARTS) is 1. The van der Waals surface area contributed by atoms with Crippen LogP contribution in [0.3, 0.4) is 0 Å². The third-order valence-electron chi connectivity index (χ3n) is 2.87. The van der Waals surface area contributed by atoms with Gasteiger partial charge in [-0.15, -0.1) is 0 Å². The first-order valence-electron chi connectivity index (χ1n) is 6.87. The second-order valence-corrected chi connectivity index (χ2v) is 6.06. The molecule has 0 fully saturated rings. The number of carbonyl (C=O) groups excluding carboxylic acids is 1. The molecule has 1 rings (SSSR count). The summed E-state index contributed by atoms with van der Waals surface area (Å²) in [6.07, 6.45) is -2.10. The third kappa shape index (κ3) is 6.55. The van der Waals surface area contributed by atoms with E-state index in [0.717, 1.165) is 5.56 Å². The van der Waals surface area contributed by atoms with Crippen molar-refractivity contribution in [3.63, 3.8) is 0 Å². The Kier molecular flexibility index (Phi) is 6.33. The zero-order valence-corrected chi connectivity index (χ0v) is 13.0. The van der Waals surface area contributed by atoms with Crippen molar-refractivity contribution in [2.75, 3.05) is 27.7 Å². The molecule has 0 aliphatic rings. The van der Waals surface area contributed by atoms with Crippen molar-refractivity contribution in [3.8, 4) is 0 Å². The lowest BCUT2D eigenvalue weighted by atomic mass is 10.1. The van der Waals surface area contributed by atoms with Crippen LogP contribution in [0.2, 0.25) is 0 Å². The molecule has 3 N–H and O–H groups in total. The standard InChI is InChI=1S/C15H22N2O5/c1-17(2,3)9-12(18)13(14(19)20)16-15(21)22-10-11-7-5-4-6-8-11/h4-8,12-13,18H,9-10H2,1-3H3,(H-,16,19,20,21)/p+1/t12-,13-/m1/s1. The first-order chi connectivity index (χ1) is 10.2. The zero-order valence-electron chi connectivity index (χ0n) is 13.0. The molecule has 7 nitrogen and oxygen atoms in total. The fraction of sp³-hybridized carbons (Fsp3) is 0.467. The van der Waals surface area contributed by atoms with Crippen LogP contribution >= 0.6 is 0 Å². The van der Waals surface area contributed by atoms with Crippen LogP contribution < -0.4 is 5.32 Å². The first kappa shape index (κ1) is 17.9. The Morgan fingerprint density at radius 1 is 1.23 bits per heavy atom. The minimum Gasteiger partial charge on any atom is -0.480 e. The molecule has 1 aromatic rings. The molecule has 22 heavy (non-hydrogen) atoms. The van der Waals surface area contributed by atoms with Gasteiger partial charge in [-0.3, -0.25) is 0 Å². The molecule has 0 saturated heterocycles. The highest BCUT2D eigenvalue weighted by molar-refractivity contribution is 5.80. The van der Waals surface area contributed by atoms with Crippen molar-refractivity contribution in [2.24, 2.45) is 0 Å². The Morgan fingerprint density at radius 2 is 1.82 bits per heavy atom. The lowest BCUT2D eigenvalue weighted by molar-refractivity contribution is -0.873. The number of aliphatic hydroxyl groups is 1. The maximum absolute atomic E-state index is 11.7. The molecule has 7 heteroatoms. The summed E-state index contributed by atoms with van der Waals surface area (Å²) in [5.74, 6) is -1.31. The Morgan fingerprint density at radius 3 is 2.32 bits per heavy atom. The number of amides is 1. The predicted octanol–water partition coefficient (Wildman–Crippen LogP) is 0.433. The molecule has 2 atom stereocenters. The Hall–Kier alpha value is -2.12. The molecule has 0 saturated carbocycles. The Labute approximate surface area is 129 Å². The second-order valence-electron chi connectivity index (χ2n) is 6.06. The number of aliphatic carboxylic acids is 1. The van der Waals surface area contributed by atoms with Crippen LogP contribution in [0.5, 0.6) is 0 Å². The van der Waals surface area contributed by atoms with Crippen molar-refractivity contribution in [3.05, 3.63) is 35.9 Å². The van der Waals surface area contributed by atoms with Crippen LogP contribution in [0.1, 0.15) is 5.56 Å². The monoisotopic (exact) mass is 311 g/mol. The highest BCUT2D eigenvalue weighted by Crippen LogP contribution is 2.04. The number of hydrogen-bond acceptors (Lipinski definition) is 4. The molecule has 0 aliphatic heterocycles. The van der Waals surface area contributed by atoms with Crippen LogP contribution in [0.15, 0.2) is 30.3 Å². The van der Waals surface area contributed by atoms with E-state index in [0.29, 0.717) is 4.48 Å². The smallest absolute Gasteiger partial charge is 0.408 e. The zero-order chi connectivity index (χ0) is 16.8. The summed E-state index contributed by atoms with van der Waals surface area (Å²) in [6.45, 7) is 0.209. The third-order valence-corrected chi connectivity index (χ3v) is 2.87. The van der Waals surface area contributed by atoms with Crippen LogP contribution in [0.25, 0.3) is 0 Å². The fourth-order valence-corrected chi connectivity index (χ4v) is 1.88. The minimum absolute atomic E-state index is 0.0322. The van der Waals surface area contributed by atoms with Gasteiger partial charge in [0, 0.05) is 0 Å². The van der Waals surface area contributed by atoms with E-state index in [1.807, 2.05) is 39.3 Å². The average molecular weight is 311 g/mol. The summed E-state index contributed by atoms with van der Waals surface area (Å²) < 4.78 is 5.33. The largest absolute Gasteiger partial charge is 0.480 e. The van der Waals surface area contributed by atoms with Gasteiger partial charge in [0.25, 0.3) is 0 Å². The molecule has 0 heterocycles. The van der Waals surface area contributed by atoms with E-state index >= 15 is 0 Å². The van der Waals surface area contributed by atoms with E-state index in [1.54, 1.807) is 12.1 Å². The Balaban J connectivity index is 2.55. The van der Waals surface area contributed by atoms with E-state index in [-0.39, 0.29) is 13.2 Å². The molecule has 0 bridgehead atoms. The number of carbonyl (C=O) groups is 2. The van der Waals surface area contributed by atoms with Gasteiger partial charge < -0.3 is 24.7 Å². The van der Waals surface area contributed by atoms with Gasteiger partial charge in [-0.1, -0.05) is 30.3 Å². The number of nitrogens with zero attached hydrogens (tertiary/aromatic N) is 1. The fourth-order valence-electron chi connectivity index (χ4n) is 1.88. The van der Waals surface area contributed by atoms with Crippen molar-refractivity contribution in [1.29, 1.82) is 0 Å². The first-order valence-corrected chi connectivity index (χ1v) is 6.87. The molecule has 1 aromatic carbocycles. The number of benzene rings is 1. The number of ether oxygens (including phenoxy) is 1. The number of nitrogens with one attached hydrogen (secondary N) is 1. The van der Waals surface area contributed by atoms with E-state index in [1.165, 1.54) is 0 Å². The van der Waals surface area contributed by atoms with Crippen LogP contribution in [-0.2, 0) is 16.1 Å². The van der Waals surface area contributed by atoms with Crippen molar-refractivity contribution in [2.45, 2.75) is 18.8 Å². The van der Waals surface area contributed by atoms with Gasteiger partial charge in [0.1, 0.15) is 19.3 Å².